The molecule has 10 heteroatoms. The fourth-order valence-corrected chi connectivity index (χ4v) is 3.83. The van der Waals surface area contributed by atoms with Gasteiger partial charge in [-0.1, -0.05) is 18.2 Å². The number of halogens is 3. The number of hydrogen-bond donors (Lipinski definition) is 1. The van der Waals surface area contributed by atoms with Gasteiger partial charge < -0.3 is 5.32 Å². The minimum absolute atomic E-state index is 0.264. The minimum atomic E-state index is -4.48. The van der Waals surface area contributed by atoms with Crippen molar-refractivity contribution in [2.75, 3.05) is 6.54 Å². The molecular formula is C24H25F3N6O. The number of amides is 1. The second-order valence-corrected chi connectivity index (χ2v) is 8.06. The molecular weight excluding hydrogens is 445 g/mol. The van der Waals surface area contributed by atoms with Crippen molar-refractivity contribution in [3.8, 4) is 11.3 Å². The van der Waals surface area contributed by atoms with Gasteiger partial charge in [0, 0.05) is 42.5 Å². The summed E-state index contributed by atoms with van der Waals surface area (Å²) in [5.41, 5.74) is 3.03. The molecule has 0 bridgehead atoms. The van der Waals surface area contributed by atoms with Gasteiger partial charge in [0.15, 0.2) is 5.69 Å². The number of pyridine rings is 1. The summed E-state index contributed by atoms with van der Waals surface area (Å²) >= 11 is 0. The van der Waals surface area contributed by atoms with Crippen molar-refractivity contribution in [1.82, 2.24) is 29.9 Å². The molecule has 0 saturated carbocycles. The van der Waals surface area contributed by atoms with E-state index in [2.05, 4.69) is 15.5 Å². The average Bonchev–Trinajstić information content (AvgIpc) is 3.38. The summed E-state index contributed by atoms with van der Waals surface area (Å²) < 4.78 is 41.7. The number of hydrogen-bond acceptors (Lipinski definition) is 4. The SMILES string of the molecule is CCn1cc(-c2cc(C(=O)NCCCn3nc(C(F)(F)F)cc3C)c3ccccc3n2)c(C)n1. The molecule has 0 saturated heterocycles. The molecule has 34 heavy (non-hydrogen) atoms. The van der Waals surface area contributed by atoms with Crippen LogP contribution in [0, 0.1) is 13.8 Å². The molecule has 4 rings (SSSR count). The van der Waals surface area contributed by atoms with Gasteiger partial charge in [-0.05, 0) is 45.4 Å². The van der Waals surface area contributed by atoms with Crippen LogP contribution in [0.25, 0.3) is 22.2 Å². The molecule has 0 aliphatic rings. The lowest BCUT2D eigenvalue weighted by Gasteiger charge is -2.11. The third kappa shape index (κ3) is 4.80. The van der Waals surface area contributed by atoms with Crippen LogP contribution in [0.1, 0.15) is 40.8 Å². The van der Waals surface area contributed by atoms with Crippen molar-refractivity contribution in [2.24, 2.45) is 0 Å². The molecule has 0 aliphatic heterocycles. The monoisotopic (exact) mass is 470 g/mol. The van der Waals surface area contributed by atoms with Crippen LogP contribution in [-0.4, -0.2) is 37.0 Å². The van der Waals surface area contributed by atoms with Crippen LogP contribution in [-0.2, 0) is 19.3 Å². The number of fused-ring (bicyclic) bond motifs is 1. The van der Waals surface area contributed by atoms with Crippen molar-refractivity contribution in [1.29, 1.82) is 0 Å². The zero-order valence-corrected chi connectivity index (χ0v) is 19.1. The average molecular weight is 470 g/mol. The van der Waals surface area contributed by atoms with E-state index in [-0.39, 0.29) is 19.0 Å². The van der Waals surface area contributed by atoms with Gasteiger partial charge in [-0.2, -0.15) is 23.4 Å². The zero-order chi connectivity index (χ0) is 24.5. The van der Waals surface area contributed by atoms with E-state index < -0.39 is 11.9 Å². The Morgan fingerprint density at radius 1 is 1.12 bits per heavy atom. The summed E-state index contributed by atoms with van der Waals surface area (Å²) in [4.78, 5) is 17.8. The first-order valence-electron chi connectivity index (χ1n) is 11.0. The van der Waals surface area contributed by atoms with Gasteiger partial charge in [-0.15, -0.1) is 0 Å². The highest BCUT2D eigenvalue weighted by Gasteiger charge is 2.34. The Labute approximate surface area is 194 Å². The van der Waals surface area contributed by atoms with Crippen LogP contribution < -0.4 is 5.32 Å². The molecule has 0 fully saturated rings. The number of benzene rings is 1. The molecule has 0 spiro atoms. The van der Waals surface area contributed by atoms with E-state index >= 15 is 0 Å². The highest BCUT2D eigenvalue weighted by Crippen LogP contribution is 2.29. The molecule has 3 aromatic heterocycles. The number of nitrogens with zero attached hydrogens (tertiary/aromatic N) is 5. The van der Waals surface area contributed by atoms with Gasteiger partial charge in [-0.3, -0.25) is 14.2 Å². The first kappa shape index (κ1) is 23.5. The highest BCUT2D eigenvalue weighted by molar-refractivity contribution is 6.07. The van der Waals surface area contributed by atoms with E-state index in [1.165, 1.54) is 4.68 Å². The predicted octanol–water partition coefficient (Wildman–Crippen LogP) is 4.77. The smallest absolute Gasteiger partial charge is 0.352 e. The van der Waals surface area contributed by atoms with Crippen LogP contribution >= 0.6 is 0 Å². The summed E-state index contributed by atoms with van der Waals surface area (Å²) in [5, 5.41) is 11.7. The number of rotatable bonds is 7. The van der Waals surface area contributed by atoms with Crippen LogP contribution in [0.5, 0.6) is 0 Å². The molecule has 1 aromatic carbocycles. The van der Waals surface area contributed by atoms with E-state index in [0.29, 0.717) is 28.9 Å². The van der Waals surface area contributed by atoms with Gasteiger partial charge in [0.1, 0.15) is 0 Å². The second-order valence-electron chi connectivity index (χ2n) is 8.06. The molecule has 0 unspecified atom stereocenters. The molecule has 0 radical (unpaired) electrons. The number of aromatic nitrogens is 5. The number of alkyl halides is 3. The third-order valence-electron chi connectivity index (χ3n) is 5.61. The molecule has 0 aliphatic carbocycles. The quantitative estimate of drug-likeness (QED) is 0.395. The maximum Gasteiger partial charge on any atom is 0.435 e. The summed E-state index contributed by atoms with van der Waals surface area (Å²) in [7, 11) is 0. The Bertz CT molecular complexity index is 1340. The topological polar surface area (TPSA) is 77.6 Å². The van der Waals surface area contributed by atoms with Crippen molar-refractivity contribution < 1.29 is 18.0 Å². The van der Waals surface area contributed by atoms with Crippen LogP contribution in [0.4, 0.5) is 13.2 Å². The van der Waals surface area contributed by atoms with Crippen LogP contribution in [0.15, 0.2) is 42.6 Å². The number of nitrogens with one attached hydrogen (secondary N) is 1. The van der Waals surface area contributed by atoms with Crippen LogP contribution in [0.2, 0.25) is 0 Å². The van der Waals surface area contributed by atoms with Gasteiger partial charge in [-0.25, -0.2) is 4.98 Å². The fourth-order valence-electron chi connectivity index (χ4n) is 3.83. The number of para-hydroxylation sites is 1. The Morgan fingerprint density at radius 2 is 1.88 bits per heavy atom. The lowest BCUT2D eigenvalue weighted by atomic mass is 10.0. The summed E-state index contributed by atoms with van der Waals surface area (Å²) in [5.74, 6) is -0.270. The van der Waals surface area contributed by atoms with Gasteiger partial charge in [0.25, 0.3) is 5.91 Å². The molecule has 178 valence electrons. The third-order valence-corrected chi connectivity index (χ3v) is 5.61. The van der Waals surface area contributed by atoms with Gasteiger partial charge in [0.05, 0.1) is 22.5 Å². The van der Waals surface area contributed by atoms with E-state index in [4.69, 9.17) is 4.98 Å². The van der Waals surface area contributed by atoms with Crippen molar-refractivity contribution in [3.63, 3.8) is 0 Å². The molecule has 1 N–H and O–H groups in total. The maximum atomic E-state index is 13.1. The van der Waals surface area contributed by atoms with Gasteiger partial charge in [0.2, 0.25) is 0 Å². The second kappa shape index (κ2) is 9.28. The molecule has 3 heterocycles. The van der Waals surface area contributed by atoms with E-state index in [0.717, 1.165) is 29.3 Å². The molecule has 4 aromatic rings. The predicted molar refractivity (Wildman–Crippen MR) is 122 cm³/mol. The minimum Gasteiger partial charge on any atom is -0.352 e. The normalized spacial score (nSPS) is 11.8. The molecule has 1 amide bonds. The maximum absolute atomic E-state index is 13.1. The first-order chi connectivity index (χ1) is 16.2. The standard InChI is InChI=1S/C24H25F3N6O/c1-4-32-14-19(16(3)30-32)21-13-18(17-8-5-6-9-20(17)29-21)23(34)28-10-7-11-33-15(2)12-22(31-33)24(25,26)27/h5-6,8-9,12-14H,4,7,10-11H2,1-3H3,(H,28,34). The summed E-state index contributed by atoms with van der Waals surface area (Å²) in [6, 6.07) is 10.2. The van der Waals surface area contributed by atoms with Crippen molar-refractivity contribution in [2.45, 2.75) is 46.5 Å². The highest BCUT2D eigenvalue weighted by atomic mass is 19.4. The number of carbonyl (C=O) groups is 1. The van der Waals surface area contributed by atoms with Crippen molar-refractivity contribution >= 4 is 16.8 Å². The molecule has 0 atom stereocenters. The largest absolute Gasteiger partial charge is 0.435 e. The van der Waals surface area contributed by atoms with E-state index in [9.17, 15) is 18.0 Å². The van der Waals surface area contributed by atoms with E-state index in [1.807, 2.05) is 49.0 Å². The Kier molecular flexibility index (Phi) is 6.41. The van der Waals surface area contributed by atoms with Gasteiger partial charge >= 0.3 is 6.18 Å². The van der Waals surface area contributed by atoms with E-state index in [1.54, 1.807) is 13.0 Å². The van der Waals surface area contributed by atoms with Crippen molar-refractivity contribution in [3.05, 3.63) is 65.2 Å². The summed E-state index contributed by atoms with van der Waals surface area (Å²) in [6.07, 6.45) is -2.13. The molecule has 7 nitrogen and oxygen atoms in total. The van der Waals surface area contributed by atoms with Crippen LogP contribution in [0.3, 0.4) is 0 Å². The lowest BCUT2D eigenvalue weighted by molar-refractivity contribution is -0.141. The first-order valence-corrected chi connectivity index (χ1v) is 11.0. The Hall–Kier alpha value is -3.69. The number of aryl methyl sites for hydroxylation is 4. The Morgan fingerprint density at radius 3 is 2.56 bits per heavy atom. The summed E-state index contributed by atoms with van der Waals surface area (Å²) in [6.45, 7) is 6.76. The lowest BCUT2D eigenvalue weighted by Crippen LogP contribution is -2.26. The zero-order valence-electron chi connectivity index (χ0n) is 19.1. The Balaban J connectivity index is 1.51. The fraction of sp³-hybridized carbons (Fsp3) is 0.333. The number of carbonyl (C=O) groups excluding carboxylic acids is 1.